The molecule has 22 heavy (non-hydrogen) atoms. The molecule has 0 saturated carbocycles. The third-order valence-electron chi connectivity index (χ3n) is 3.78. The van der Waals surface area contributed by atoms with Crippen molar-refractivity contribution in [2.75, 3.05) is 18.4 Å². The fraction of sp³-hybridized carbons (Fsp3) is 0.625. The Morgan fingerprint density at radius 3 is 2.45 bits per heavy atom. The minimum atomic E-state index is -0.467. The number of nitrogens with one attached hydrogen (secondary N) is 1. The van der Waals surface area contributed by atoms with Crippen LogP contribution < -0.4 is 5.32 Å². The zero-order valence-corrected chi connectivity index (χ0v) is 14.4. The first-order chi connectivity index (χ1) is 10.2. The van der Waals surface area contributed by atoms with Gasteiger partial charge in [-0.05, 0) is 31.4 Å². The van der Waals surface area contributed by atoms with Gasteiger partial charge in [-0.1, -0.05) is 20.8 Å². The molecule has 2 amide bonds. The van der Waals surface area contributed by atoms with Crippen LogP contribution in [0.5, 0.6) is 0 Å². The van der Waals surface area contributed by atoms with E-state index in [1.165, 1.54) is 11.3 Å². The van der Waals surface area contributed by atoms with Crippen LogP contribution in [-0.4, -0.2) is 41.0 Å². The zero-order chi connectivity index (χ0) is 16.5. The Morgan fingerprint density at radius 2 is 1.91 bits per heavy atom. The van der Waals surface area contributed by atoms with Crippen LogP contribution in [0.3, 0.4) is 0 Å². The van der Waals surface area contributed by atoms with E-state index >= 15 is 0 Å². The first-order valence-electron chi connectivity index (χ1n) is 7.57. The minimum absolute atomic E-state index is 0.00865. The predicted octanol–water partition coefficient (Wildman–Crippen LogP) is 2.64. The van der Waals surface area contributed by atoms with Gasteiger partial charge in [0.2, 0.25) is 5.91 Å². The number of rotatable bonds is 2. The summed E-state index contributed by atoms with van der Waals surface area (Å²) in [4.78, 5) is 27.0. The van der Waals surface area contributed by atoms with Crippen molar-refractivity contribution in [3.05, 3.63) is 16.5 Å². The smallest absolute Gasteiger partial charge is 0.264 e. The van der Waals surface area contributed by atoms with Crippen molar-refractivity contribution in [1.82, 2.24) is 4.90 Å². The maximum atomic E-state index is 12.6. The Bertz CT molecular complexity index is 566. The van der Waals surface area contributed by atoms with Crippen LogP contribution >= 0.6 is 11.3 Å². The van der Waals surface area contributed by atoms with E-state index in [1.807, 2.05) is 33.8 Å². The standard InChI is InChI=1S/C16H24N2O3S/c1-10-9-12(17-15(21)16(2,3)4)22-13(10)14(20)18-7-5-11(19)6-8-18/h9,11,19H,5-8H2,1-4H3,(H,17,21). The summed E-state index contributed by atoms with van der Waals surface area (Å²) in [5.74, 6) is -0.0699. The van der Waals surface area contributed by atoms with Crippen LogP contribution in [0.4, 0.5) is 5.00 Å². The van der Waals surface area contributed by atoms with Crippen LogP contribution in [0.1, 0.15) is 48.8 Å². The van der Waals surface area contributed by atoms with E-state index in [0.29, 0.717) is 35.8 Å². The number of thiophene rings is 1. The van der Waals surface area contributed by atoms with Gasteiger partial charge in [0, 0.05) is 18.5 Å². The van der Waals surface area contributed by atoms with E-state index in [2.05, 4.69) is 5.32 Å². The number of amides is 2. The number of likely N-dealkylation sites (tertiary alicyclic amines) is 1. The molecule has 0 spiro atoms. The lowest BCUT2D eigenvalue weighted by molar-refractivity contribution is -0.123. The molecule has 122 valence electrons. The van der Waals surface area contributed by atoms with Crippen molar-refractivity contribution in [3.63, 3.8) is 0 Å². The Morgan fingerprint density at radius 1 is 1.32 bits per heavy atom. The molecule has 0 atom stereocenters. The van der Waals surface area contributed by atoms with Crippen molar-refractivity contribution in [3.8, 4) is 0 Å². The minimum Gasteiger partial charge on any atom is -0.393 e. The maximum absolute atomic E-state index is 12.6. The van der Waals surface area contributed by atoms with Gasteiger partial charge in [0.05, 0.1) is 16.0 Å². The van der Waals surface area contributed by atoms with E-state index in [1.54, 1.807) is 4.90 Å². The molecule has 0 bridgehead atoms. The lowest BCUT2D eigenvalue weighted by atomic mass is 9.96. The summed E-state index contributed by atoms with van der Waals surface area (Å²) in [5, 5.41) is 13.1. The summed E-state index contributed by atoms with van der Waals surface area (Å²) in [7, 11) is 0. The number of nitrogens with zero attached hydrogens (tertiary/aromatic N) is 1. The van der Waals surface area contributed by atoms with Gasteiger partial charge < -0.3 is 15.3 Å². The first kappa shape index (κ1) is 17.0. The fourth-order valence-electron chi connectivity index (χ4n) is 2.27. The van der Waals surface area contributed by atoms with E-state index in [4.69, 9.17) is 0 Å². The quantitative estimate of drug-likeness (QED) is 0.878. The highest BCUT2D eigenvalue weighted by Crippen LogP contribution is 2.30. The fourth-order valence-corrected chi connectivity index (χ4v) is 3.30. The Hall–Kier alpha value is -1.40. The highest BCUT2D eigenvalue weighted by Gasteiger charge is 2.26. The van der Waals surface area contributed by atoms with Gasteiger partial charge in [0.15, 0.2) is 0 Å². The van der Waals surface area contributed by atoms with Gasteiger partial charge in [0.1, 0.15) is 0 Å². The van der Waals surface area contributed by atoms with E-state index < -0.39 is 5.41 Å². The molecule has 1 saturated heterocycles. The number of carbonyl (C=O) groups is 2. The molecule has 1 aromatic heterocycles. The Balaban J connectivity index is 2.09. The predicted molar refractivity (Wildman–Crippen MR) is 88.3 cm³/mol. The molecule has 1 aliphatic heterocycles. The van der Waals surface area contributed by atoms with Gasteiger partial charge >= 0.3 is 0 Å². The maximum Gasteiger partial charge on any atom is 0.264 e. The van der Waals surface area contributed by atoms with Crippen molar-refractivity contribution in [2.45, 2.75) is 46.6 Å². The summed E-state index contributed by atoms with van der Waals surface area (Å²) < 4.78 is 0. The Kier molecular flexibility index (Phi) is 4.92. The number of hydrogen-bond acceptors (Lipinski definition) is 4. The normalized spacial score (nSPS) is 16.7. The molecule has 6 heteroatoms. The monoisotopic (exact) mass is 324 g/mol. The molecule has 0 aliphatic carbocycles. The molecule has 1 fully saturated rings. The highest BCUT2D eigenvalue weighted by atomic mass is 32.1. The van der Waals surface area contributed by atoms with E-state index in [0.717, 1.165) is 5.56 Å². The number of aryl methyl sites for hydroxylation is 1. The van der Waals surface area contributed by atoms with Gasteiger partial charge in [0.25, 0.3) is 5.91 Å². The lowest BCUT2D eigenvalue weighted by Crippen LogP contribution is -2.39. The number of piperidine rings is 1. The largest absolute Gasteiger partial charge is 0.393 e. The number of anilines is 1. The summed E-state index contributed by atoms with van der Waals surface area (Å²) >= 11 is 1.32. The second kappa shape index (κ2) is 6.38. The average molecular weight is 324 g/mol. The molecule has 2 N–H and O–H groups in total. The van der Waals surface area contributed by atoms with Crippen LogP contribution in [-0.2, 0) is 4.79 Å². The molecule has 2 rings (SSSR count). The number of aliphatic hydroxyl groups excluding tert-OH is 1. The van der Waals surface area contributed by atoms with E-state index in [-0.39, 0.29) is 17.9 Å². The topological polar surface area (TPSA) is 69.6 Å². The molecule has 1 aliphatic rings. The summed E-state index contributed by atoms with van der Waals surface area (Å²) in [6.45, 7) is 8.62. The van der Waals surface area contributed by atoms with Gasteiger partial charge in [-0.3, -0.25) is 9.59 Å². The zero-order valence-electron chi connectivity index (χ0n) is 13.6. The molecule has 0 radical (unpaired) electrons. The second-order valence-electron chi connectivity index (χ2n) is 6.85. The second-order valence-corrected chi connectivity index (χ2v) is 7.90. The van der Waals surface area contributed by atoms with E-state index in [9.17, 15) is 14.7 Å². The molecule has 0 unspecified atom stereocenters. The number of hydrogen-bond donors (Lipinski definition) is 2. The van der Waals surface area contributed by atoms with Crippen molar-refractivity contribution in [2.24, 2.45) is 5.41 Å². The van der Waals surface area contributed by atoms with Crippen LogP contribution in [0.25, 0.3) is 0 Å². The van der Waals surface area contributed by atoms with Crippen molar-refractivity contribution < 1.29 is 14.7 Å². The third-order valence-corrected chi connectivity index (χ3v) is 4.92. The summed E-state index contributed by atoms with van der Waals surface area (Å²) in [6.07, 6.45) is 0.961. The van der Waals surface area contributed by atoms with Crippen molar-refractivity contribution >= 4 is 28.2 Å². The average Bonchev–Trinajstić information content (AvgIpc) is 2.78. The summed E-state index contributed by atoms with van der Waals surface area (Å²) in [5.41, 5.74) is 0.413. The SMILES string of the molecule is Cc1cc(NC(=O)C(C)(C)C)sc1C(=O)N1CCC(O)CC1. The van der Waals surface area contributed by atoms with Gasteiger partial charge in [-0.2, -0.15) is 0 Å². The molecule has 2 heterocycles. The summed E-state index contributed by atoms with van der Waals surface area (Å²) in [6, 6.07) is 1.85. The van der Waals surface area contributed by atoms with Crippen LogP contribution in [0, 0.1) is 12.3 Å². The van der Waals surface area contributed by atoms with Gasteiger partial charge in [-0.15, -0.1) is 11.3 Å². The molecule has 0 aromatic carbocycles. The van der Waals surface area contributed by atoms with Gasteiger partial charge in [-0.25, -0.2) is 0 Å². The highest BCUT2D eigenvalue weighted by molar-refractivity contribution is 7.18. The van der Waals surface area contributed by atoms with Crippen molar-refractivity contribution in [1.29, 1.82) is 0 Å². The molecule has 1 aromatic rings. The van der Waals surface area contributed by atoms with Crippen LogP contribution in [0.2, 0.25) is 0 Å². The lowest BCUT2D eigenvalue weighted by Gasteiger charge is -2.29. The first-order valence-corrected chi connectivity index (χ1v) is 8.39. The number of aliphatic hydroxyl groups is 1. The third kappa shape index (κ3) is 3.87. The van der Waals surface area contributed by atoms with Crippen LogP contribution in [0.15, 0.2) is 6.07 Å². The molecule has 5 nitrogen and oxygen atoms in total. The molecular weight excluding hydrogens is 300 g/mol. The number of carbonyl (C=O) groups excluding carboxylic acids is 2. The Labute approximate surface area is 135 Å². The molecular formula is C16H24N2O3S.